The number of piperidine rings is 1. The van der Waals surface area contributed by atoms with Crippen LogP contribution in [0.5, 0.6) is 0 Å². The van der Waals surface area contributed by atoms with Crippen molar-refractivity contribution in [2.24, 2.45) is 5.92 Å². The zero-order chi connectivity index (χ0) is 12.7. The summed E-state index contributed by atoms with van der Waals surface area (Å²) in [5.74, 6) is 0.329. The number of hydrogen-bond donors (Lipinski definition) is 2. The molecule has 1 saturated heterocycles. The van der Waals surface area contributed by atoms with Crippen LogP contribution in [0.25, 0.3) is 0 Å². The topological polar surface area (TPSA) is 52.6 Å². The molecule has 1 aliphatic heterocycles. The van der Waals surface area contributed by atoms with Crippen molar-refractivity contribution in [3.8, 4) is 0 Å². The minimum absolute atomic E-state index is 0.0579. The Morgan fingerprint density at radius 3 is 2.65 bits per heavy atom. The van der Waals surface area contributed by atoms with E-state index in [1.165, 1.54) is 0 Å². The molecule has 0 saturated carbocycles. The van der Waals surface area contributed by atoms with E-state index in [0.29, 0.717) is 6.54 Å². The number of carbonyl (C=O) groups is 1. The van der Waals surface area contributed by atoms with Gasteiger partial charge >= 0.3 is 0 Å². The molecule has 4 nitrogen and oxygen atoms in total. The fourth-order valence-corrected chi connectivity index (χ4v) is 2.61. The first kappa shape index (κ1) is 14.5. The summed E-state index contributed by atoms with van der Waals surface area (Å²) in [7, 11) is 0. The van der Waals surface area contributed by atoms with E-state index in [4.69, 9.17) is 5.11 Å². The highest BCUT2D eigenvalue weighted by molar-refractivity contribution is 5.79. The van der Waals surface area contributed by atoms with E-state index in [2.05, 4.69) is 19.2 Å². The minimum Gasteiger partial charge on any atom is -0.395 e. The number of rotatable bonds is 6. The summed E-state index contributed by atoms with van der Waals surface area (Å²) in [5, 5.41) is 12.4. The van der Waals surface area contributed by atoms with Crippen LogP contribution in [0.2, 0.25) is 0 Å². The molecule has 4 heteroatoms. The summed E-state index contributed by atoms with van der Waals surface area (Å²) in [6, 6.07) is 0.275. The van der Waals surface area contributed by atoms with E-state index in [0.717, 1.165) is 38.8 Å². The van der Waals surface area contributed by atoms with E-state index < -0.39 is 0 Å². The minimum atomic E-state index is 0.0579. The van der Waals surface area contributed by atoms with Crippen molar-refractivity contribution in [2.75, 3.05) is 26.2 Å². The van der Waals surface area contributed by atoms with Crippen molar-refractivity contribution in [1.29, 1.82) is 0 Å². The molecule has 100 valence electrons. The third-order valence-electron chi connectivity index (χ3n) is 3.65. The second-order valence-corrected chi connectivity index (χ2v) is 4.77. The molecule has 1 atom stereocenters. The smallest absolute Gasteiger partial charge is 0.227 e. The number of nitrogens with zero attached hydrogens (tertiary/aromatic N) is 1. The van der Waals surface area contributed by atoms with Crippen molar-refractivity contribution in [2.45, 2.75) is 45.6 Å². The molecule has 1 heterocycles. The van der Waals surface area contributed by atoms with E-state index in [-0.39, 0.29) is 24.5 Å². The van der Waals surface area contributed by atoms with E-state index in [9.17, 15) is 4.79 Å². The van der Waals surface area contributed by atoms with Gasteiger partial charge in [-0.05, 0) is 32.2 Å². The molecule has 0 bridgehead atoms. The van der Waals surface area contributed by atoms with Crippen LogP contribution in [0, 0.1) is 5.92 Å². The van der Waals surface area contributed by atoms with Crippen LogP contribution in [0.15, 0.2) is 0 Å². The molecule has 17 heavy (non-hydrogen) atoms. The molecular weight excluding hydrogens is 216 g/mol. The predicted molar refractivity (Wildman–Crippen MR) is 68.8 cm³/mol. The normalized spacial score (nSPS) is 20.6. The van der Waals surface area contributed by atoms with Crippen molar-refractivity contribution in [1.82, 2.24) is 10.2 Å². The Hall–Kier alpha value is -0.610. The first-order valence-electron chi connectivity index (χ1n) is 6.86. The highest BCUT2D eigenvalue weighted by Crippen LogP contribution is 2.17. The maximum atomic E-state index is 12.4. The Morgan fingerprint density at radius 2 is 2.18 bits per heavy atom. The van der Waals surface area contributed by atoms with Crippen LogP contribution in [0.3, 0.4) is 0 Å². The molecule has 1 rings (SSSR count). The van der Waals surface area contributed by atoms with E-state index in [1.54, 1.807) is 0 Å². The zero-order valence-electron chi connectivity index (χ0n) is 11.1. The van der Waals surface area contributed by atoms with Gasteiger partial charge in [0.15, 0.2) is 0 Å². The van der Waals surface area contributed by atoms with E-state index in [1.807, 2.05) is 4.90 Å². The summed E-state index contributed by atoms with van der Waals surface area (Å²) in [4.78, 5) is 14.3. The lowest BCUT2D eigenvalue weighted by atomic mass is 9.96. The van der Waals surface area contributed by atoms with Crippen LogP contribution in [0.4, 0.5) is 0 Å². The second-order valence-electron chi connectivity index (χ2n) is 4.77. The maximum Gasteiger partial charge on any atom is 0.227 e. The molecule has 1 aliphatic rings. The van der Waals surface area contributed by atoms with Gasteiger partial charge in [0.25, 0.3) is 0 Å². The maximum absolute atomic E-state index is 12.4. The van der Waals surface area contributed by atoms with Gasteiger partial charge in [-0.1, -0.05) is 13.8 Å². The average Bonchev–Trinajstić information content (AvgIpc) is 2.39. The number of carbonyl (C=O) groups excluding carboxylic acids is 1. The van der Waals surface area contributed by atoms with Gasteiger partial charge in [0.1, 0.15) is 0 Å². The monoisotopic (exact) mass is 242 g/mol. The standard InChI is InChI=1S/C13H26N2O2/c1-3-12(4-2)15(8-9-16)13(17)11-6-5-7-14-10-11/h11-12,14,16H,3-10H2,1-2H3/t11-/m1/s1. The Labute approximate surface area is 104 Å². The molecule has 0 aromatic heterocycles. The molecule has 1 amide bonds. The Kier molecular flexibility index (Phi) is 6.52. The van der Waals surface area contributed by atoms with Gasteiger partial charge in [-0.25, -0.2) is 0 Å². The first-order valence-corrected chi connectivity index (χ1v) is 6.86. The first-order chi connectivity index (χ1) is 8.24. The van der Waals surface area contributed by atoms with Gasteiger partial charge in [0, 0.05) is 19.1 Å². The summed E-state index contributed by atoms with van der Waals surface area (Å²) in [6.07, 6.45) is 3.98. The van der Waals surface area contributed by atoms with Crippen LogP contribution in [0.1, 0.15) is 39.5 Å². The Balaban J connectivity index is 2.63. The van der Waals surface area contributed by atoms with Crippen LogP contribution in [-0.4, -0.2) is 48.2 Å². The lowest BCUT2D eigenvalue weighted by molar-refractivity contribution is -0.139. The Morgan fingerprint density at radius 1 is 1.47 bits per heavy atom. The van der Waals surface area contributed by atoms with Gasteiger partial charge in [-0.15, -0.1) is 0 Å². The quantitative estimate of drug-likeness (QED) is 0.730. The number of hydrogen-bond acceptors (Lipinski definition) is 3. The van der Waals surface area contributed by atoms with Crippen molar-refractivity contribution in [3.63, 3.8) is 0 Å². The van der Waals surface area contributed by atoms with Gasteiger partial charge in [0.2, 0.25) is 5.91 Å². The predicted octanol–water partition coefficient (Wildman–Crippen LogP) is 0.995. The number of aliphatic hydroxyl groups is 1. The molecule has 0 unspecified atom stereocenters. The van der Waals surface area contributed by atoms with Crippen molar-refractivity contribution in [3.05, 3.63) is 0 Å². The van der Waals surface area contributed by atoms with Gasteiger partial charge in [-0.3, -0.25) is 4.79 Å². The molecule has 0 aromatic carbocycles. The summed E-state index contributed by atoms with van der Waals surface area (Å²) in [5.41, 5.74) is 0. The zero-order valence-corrected chi connectivity index (χ0v) is 11.1. The lowest BCUT2D eigenvalue weighted by Crippen LogP contribution is -2.48. The molecule has 0 radical (unpaired) electrons. The number of nitrogens with one attached hydrogen (secondary N) is 1. The summed E-state index contributed by atoms with van der Waals surface area (Å²) >= 11 is 0. The second kappa shape index (κ2) is 7.67. The fourth-order valence-electron chi connectivity index (χ4n) is 2.61. The van der Waals surface area contributed by atoms with Crippen molar-refractivity contribution >= 4 is 5.91 Å². The molecule has 0 spiro atoms. The van der Waals surface area contributed by atoms with Crippen LogP contribution < -0.4 is 5.32 Å². The van der Waals surface area contributed by atoms with E-state index >= 15 is 0 Å². The lowest BCUT2D eigenvalue weighted by Gasteiger charge is -2.34. The van der Waals surface area contributed by atoms with Gasteiger partial charge < -0.3 is 15.3 Å². The Bertz CT molecular complexity index is 223. The van der Waals surface area contributed by atoms with Crippen molar-refractivity contribution < 1.29 is 9.90 Å². The summed E-state index contributed by atoms with van der Waals surface area (Å²) < 4.78 is 0. The largest absolute Gasteiger partial charge is 0.395 e. The molecular formula is C13H26N2O2. The molecule has 2 N–H and O–H groups in total. The van der Waals surface area contributed by atoms with Gasteiger partial charge in [-0.2, -0.15) is 0 Å². The summed E-state index contributed by atoms with van der Waals surface area (Å²) in [6.45, 7) is 6.55. The van der Waals surface area contributed by atoms with Gasteiger partial charge in [0.05, 0.1) is 12.5 Å². The fraction of sp³-hybridized carbons (Fsp3) is 0.923. The SMILES string of the molecule is CCC(CC)N(CCO)C(=O)[C@@H]1CCCNC1. The number of amides is 1. The number of aliphatic hydroxyl groups excluding tert-OH is 1. The average molecular weight is 242 g/mol. The highest BCUT2D eigenvalue weighted by atomic mass is 16.3. The molecule has 1 fully saturated rings. The third kappa shape index (κ3) is 3.96. The highest BCUT2D eigenvalue weighted by Gasteiger charge is 2.28. The van der Waals surface area contributed by atoms with Crippen LogP contribution in [-0.2, 0) is 4.79 Å². The molecule has 0 aliphatic carbocycles. The van der Waals surface area contributed by atoms with Crippen LogP contribution >= 0.6 is 0 Å². The third-order valence-corrected chi connectivity index (χ3v) is 3.65. The molecule has 0 aromatic rings.